The predicted octanol–water partition coefficient (Wildman–Crippen LogP) is 4.74. The van der Waals surface area contributed by atoms with E-state index in [4.69, 9.17) is 15.0 Å². The Morgan fingerprint density at radius 1 is 0.933 bits per heavy atom. The van der Waals surface area contributed by atoms with Crippen LogP contribution in [-0.2, 0) is 6.42 Å². The molecule has 0 unspecified atom stereocenters. The summed E-state index contributed by atoms with van der Waals surface area (Å²) in [6, 6.07) is 7.02. The highest BCUT2D eigenvalue weighted by atomic mass is 15.2. The minimum absolute atomic E-state index is 0.473. The van der Waals surface area contributed by atoms with Crippen molar-refractivity contribution in [1.82, 2.24) is 24.5 Å². The van der Waals surface area contributed by atoms with Crippen molar-refractivity contribution in [3.05, 3.63) is 36.4 Å². The maximum atomic E-state index is 4.93. The number of rotatable bonds is 7. The normalized spacial score (nSPS) is 18.1. The van der Waals surface area contributed by atoms with E-state index in [-0.39, 0.29) is 0 Å². The van der Waals surface area contributed by atoms with Crippen molar-refractivity contribution < 1.29 is 0 Å². The minimum atomic E-state index is 0.473. The fourth-order valence-corrected chi connectivity index (χ4v) is 4.84. The minimum Gasteiger partial charge on any atom is -0.368 e. The summed E-state index contributed by atoms with van der Waals surface area (Å²) in [6.45, 7) is 0.766. The first-order chi connectivity index (χ1) is 14.9. The topological polar surface area (TPSA) is 80.5 Å². The monoisotopic (exact) mass is 405 g/mol. The van der Waals surface area contributed by atoms with Crippen molar-refractivity contribution >= 4 is 22.9 Å². The summed E-state index contributed by atoms with van der Waals surface area (Å²) in [5.41, 5.74) is 2.90. The van der Waals surface area contributed by atoms with Gasteiger partial charge in [-0.2, -0.15) is 9.97 Å². The smallest absolute Gasteiger partial charge is 0.227 e. The summed E-state index contributed by atoms with van der Waals surface area (Å²) >= 11 is 0. The van der Waals surface area contributed by atoms with Gasteiger partial charge in [0.15, 0.2) is 17.0 Å². The molecule has 2 saturated carbocycles. The first-order valence-electron chi connectivity index (χ1n) is 11.5. The van der Waals surface area contributed by atoms with E-state index in [1.54, 1.807) is 0 Å². The van der Waals surface area contributed by atoms with Crippen LogP contribution in [0.2, 0.25) is 0 Å². The molecule has 0 aliphatic heterocycles. The molecule has 30 heavy (non-hydrogen) atoms. The molecule has 2 aliphatic carbocycles. The van der Waals surface area contributed by atoms with Crippen molar-refractivity contribution in [2.24, 2.45) is 0 Å². The third-order valence-corrected chi connectivity index (χ3v) is 6.48. The third-order valence-electron chi connectivity index (χ3n) is 6.48. The standard InChI is InChI=1S/C23H31N7/c1-2-9-18(10-3-1)27-23-28-21(25-15-13-17-8-6-7-14-24-17)20-22(29-23)30(16-26-20)19-11-4-5-12-19/h6-8,14,16,18-19H,1-5,9-13,15H2,(H2,25,27,28,29). The highest BCUT2D eigenvalue weighted by molar-refractivity contribution is 5.84. The molecule has 2 fully saturated rings. The molecular formula is C23H31N7. The lowest BCUT2D eigenvalue weighted by Crippen LogP contribution is -2.24. The van der Waals surface area contributed by atoms with Gasteiger partial charge in [-0.15, -0.1) is 0 Å². The van der Waals surface area contributed by atoms with E-state index in [1.807, 2.05) is 24.7 Å². The molecule has 3 aromatic rings. The number of pyridine rings is 1. The Morgan fingerprint density at radius 2 is 1.77 bits per heavy atom. The van der Waals surface area contributed by atoms with Gasteiger partial charge in [-0.05, 0) is 37.8 Å². The van der Waals surface area contributed by atoms with Gasteiger partial charge >= 0.3 is 0 Å². The largest absolute Gasteiger partial charge is 0.368 e. The Balaban J connectivity index is 1.41. The van der Waals surface area contributed by atoms with Crippen LogP contribution in [0.1, 0.15) is 69.5 Å². The van der Waals surface area contributed by atoms with E-state index in [9.17, 15) is 0 Å². The maximum Gasteiger partial charge on any atom is 0.227 e. The zero-order valence-corrected chi connectivity index (χ0v) is 17.6. The zero-order valence-electron chi connectivity index (χ0n) is 17.6. The van der Waals surface area contributed by atoms with Crippen molar-refractivity contribution in [2.45, 2.75) is 76.3 Å². The Kier molecular flexibility index (Phi) is 5.77. The summed E-state index contributed by atoms with van der Waals surface area (Å²) in [4.78, 5) is 18.9. The Morgan fingerprint density at radius 3 is 2.57 bits per heavy atom. The number of hydrogen-bond acceptors (Lipinski definition) is 6. The average Bonchev–Trinajstić information content (AvgIpc) is 3.45. The molecule has 0 spiro atoms. The molecule has 7 nitrogen and oxygen atoms in total. The summed E-state index contributed by atoms with van der Waals surface area (Å²) in [5.74, 6) is 1.56. The van der Waals surface area contributed by atoms with Crippen LogP contribution in [0.5, 0.6) is 0 Å². The van der Waals surface area contributed by atoms with E-state index in [0.717, 1.165) is 41.6 Å². The summed E-state index contributed by atoms with van der Waals surface area (Å²) in [5, 5.41) is 7.12. The number of nitrogens with one attached hydrogen (secondary N) is 2. The van der Waals surface area contributed by atoms with Crippen LogP contribution in [0.3, 0.4) is 0 Å². The van der Waals surface area contributed by atoms with Crippen molar-refractivity contribution in [1.29, 1.82) is 0 Å². The number of nitrogens with zero attached hydrogens (tertiary/aromatic N) is 5. The van der Waals surface area contributed by atoms with Crippen LogP contribution < -0.4 is 10.6 Å². The summed E-state index contributed by atoms with van der Waals surface area (Å²) in [7, 11) is 0. The van der Waals surface area contributed by atoms with Gasteiger partial charge < -0.3 is 15.2 Å². The number of aromatic nitrogens is 5. The van der Waals surface area contributed by atoms with Crippen molar-refractivity contribution in [2.75, 3.05) is 17.2 Å². The second-order valence-corrected chi connectivity index (χ2v) is 8.64. The molecule has 158 valence electrons. The van der Waals surface area contributed by atoms with Crippen LogP contribution >= 0.6 is 0 Å². The van der Waals surface area contributed by atoms with E-state index >= 15 is 0 Å². The van der Waals surface area contributed by atoms with Crippen molar-refractivity contribution in [3.63, 3.8) is 0 Å². The van der Waals surface area contributed by atoms with Gasteiger partial charge in [-0.25, -0.2) is 4.98 Å². The van der Waals surface area contributed by atoms with Gasteiger partial charge in [0.25, 0.3) is 0 Å². The summed E-state index contributed by atoms with van der Waals surface area (Å²) in [6.07, 6.45) is 16.0. The molecule has 3 heterocycles. The van der Waals surface area contributed by atoms with Gasteiger partial charge in [-0.1, -0.05) is 38.2 Å². The van der Waals surface area contributed by atoms with Crippen LogP contribution in [0.15, 0.2) is 30.7 Å². The lowest BCUT2D eigenvalue weighted by Gasteiger charge is -2.23. The molecule has 0 radical (unpaired) electrons. The highest BCUT2D eigenvalue weighted by Crippen LogP contribution is 2.33. The fourth-order valence-electron chi connectivity index (χ4n) is 4.84. The lowest BCUT2D eigenvalue weighted by atomic mass is 9.96. The third kappa shape index (κ3) is 4.25. The van der Waals surface area contributed by atoms with Crippen LogP contribution in [0, 0.1) is 0 Å². The Labute approximate surface area is 177 Å². The predicted molar refractivity (Wildman–Crippen MR) is 120 cm³/mol. The van der Waals surface area contributed by atoms with E-state index < -0.39 is 0 Å². The Bertz CT molecular complexity index is 956. The van der Waals surface area contributed by atoms with Gasteiger partial charge in [0, 0.05) is 36.9 Å². The van der Waals surface area contributed by atoms with Crippen LogP contribution in [-0.4, -0.2) is 37.1 Å². The van der Waals surface area contributed by atoms with Gasteiger partial charge in [0.1, 0.15) is 0 Å². The molecule has 2 aliphatic rings. The van der Waals surface area contributed by atoms with Crippen LogP contribution in [0.4, 0.5) is 11.8 Å². The molecule has 0 saturated heterocycles. The maximum absolute atomic E-state index is 4.93. The van der Waals surface area contributed by atoms with E-state index in [0.29, 0.717) is 12.1 Å². The zero-order chi connectivity index (χ0) is 20.2. The molecule has 3 aromatic heterocycles. The number of anilines is 2. The molecule has 7 heteroatoms. The van der Waals surface area contributed by atoms with E-state index in [1.165, 1.54) is 57.8 Å². The molecule has 0 aromatic carbocycles. The van der Waals surface area contributed by atoms with Crippen LogP contribution in [0.25, 0.3) is 11.2 Å². The molecule has 0 amide bonds. The second-order valence-electron chi connectivity index (χ2n) is 8.64. The quantitative estimate of drug-likeness (QED) is 0.591. The molecule has 2 N–H and O–H groups in total. The van der Waals surface area contributed by atoms with Crippen molar-refractivity contribution in [3.8, 4) is 0 Å². The number of hydrogen-bond donors (Lipinski definition) is 2. The average molecular weight is 406 g/mol. The molecular weight excluding hydrogens is 374 g/mol. The number of fused-ring (bicyclic) bond motifs is 1. The summed E-state index contributed by atoms with van der Waals surface area (Å²) < 4.78 is 2.28. The number of imidazole rings is 1. The molecule has 5 rings (SSSR count). The first kappa shape index (κ1) is 19.3. The van der Waals surface area contributed by atoms with Gasteiger partial charge in [0.05, 0.1) is 6.33 Å². The molecule has 0 atom stereocenters. The highest BCUT2D eigenvalue weighted by Gasteiger charge is 2.22. The van der Waals surface area contributed by atoms with E-state index in [2.05, 4.69) is 26.3 Å². The van der Waals surface area contributed by atoms with Gasteiger partial charge in [0.2, 0.25) is 5.95 Å². The first-order valence-corrected chi connectivity index (χ1v) is 11.5. The lowest BCUT2D eigenvalue weighted by molar-refractivity contribution is 0.461. The SMILES string of the molecule is c1ccc(CCNc2nc(NC3CCCCC3)nc3c2ncn3C2CCCC2)nc1. The second kappa shape index (κ2) is 8.98. The fraction of sp³-hybridized carbons (Fsp3) is 0.565. The Hall–Kier alpha value is -2.70. The molecule has 0 bridgehead atoms. The van der Waals surface area contributed by atoms with Gasteiger partial charge in [-0.3, -0.25) is 4.98 Å².